The van der Waals surface area contributed by atoms with Crippen molar-refractivity contribution in [2.24, 2.45) is 0 Å². The summed E-state index contributed by atoms with van der Waals surface area (Å²) in [5.41, 5.74) is 2.37. The molecule has 186 valence electrons. The molecule has 1 aromatic carbocycles. The number of benzene rings is 1. The molecular weight excluding hydrogens is 466 g/mol. The van der Waals surface area contributed by atoms with Crippen LogP contribution in [0.4, 0.5) is 14.5 Å². The number of hydrogen-bond acceptors (Lipinski definition) is 6. The average molecular weight is 493 g/mol. The number of anilines is 1. The summed E-state index contributed by atoms with van der Waals surface area (Å²) < 4.78 is 30.1. The Morgan fingerprint density at radius 1 is 1.08 bits per heavy atom. The topological polar surface area (TPSA) is 104 Å². The molecule has 1 amide bonds. The van der Waals surface area contributed by atoms with E-state index in [1.165, 1.54) is 12.1 Å². The summed E-state index contributed by atoms with van der Waals surface area (Å²) in [5.74, 6) is -0.0389. The molecule has 2 fully saturated rings. The molecule has 36 heavy (non-hydrogen) atoms. The van der Waals surface area contributed by atoms with Gasteiger partial charge in [0, 0.05) is 36.0 Å². The number of aromatic nitrogens is 6. The van der Waals surface area contributed by atoms with E-state index < -0.39 is 11.6 Å². The Bertz CT molecular complexity index is 1380. The van der Waals surface area contributed by atoms with Crippen molar-refractivity contribution < 1.29 is 13.6 Å². The fraction of sp³-hybridized carbons (Fsp3) is 0.400. The van der Waals surface area contributed by atoms with E-state index in [0.717, 1.165) is 62.6 Å². The van der Waals surface area contributed by atoms with Crippen molar-refractivity contribution in [3.63, 3.8) is 0 Å². The Balaban J connectivity index is 1.20. The molecule has 4 heterocycles. The number of amides is 1. The van der Waals surface area contributed by atoms with Crippen LogP contribution in [0, 0.1) is 11.6 Å². The van der Waals surface area contributed by atoms with Crippen LogP contribution in [0.1, 0.15) is 72.2 Å². The largest absolute Gasteiger partial charge is 0.364 e. The Morgan fingerprint density at radius 2 is 1.94 bits per heavy atom. The van der Waals surface area contributed by atoms with Crippen LogP contribution in [0.5, 0.6) is 0 Å². The summed E-state index contributed by atoms with van der Waals surface area (Å²) >= 11 is 0. The highest BCUT2D eigenvalue weighted by Gasteiger charge is 2.30. The van der Waals surface area contributed by atoms with Crippen molar-refractivity contribution in [1.82, 2.24) is 35.6 Å². The lowest BCUT2D eigenvalue weighted by Gasteiger charge is -2.28. The van der Waals surface area contributed by atoms with E-state index >= 15 is 0 Å². The lowest BCUT2D eigenvalue weighted by Crippen LogP contribution is -2.37. The second kappa shape index (κ2) is 9.29. The van der Waals surface area contributed by atoms with Gasteiger partial charge in [0.15, 0.2) is 5.82 Å². The molecule has 2 aliphatic rings. The Morgan fingerprint density at radius 3 is 2.75 bits per heavy atom. The van der Waals surface area contributed by atoms with Gasteiger partial charge in [-0.25, -0.2) is 13.3 Å². The molecule has 0 bridgehead atoms. The first-order valence-corrected chi connectivity index (χ1v) is 12.3. The van der Waals surface area contributed by atoms with Gasteiger partial charge in [0.2, 0.25) is 0 Å². The zero-order valence-electron chi connectivity index (χ0n) is 19.6. The number of aromatic amines is 1. The molecule has 1 aliphatic heterocycles. The van der Waals surface area contributed by atoms with Crippen LogP contribution in [0.15, 0.2) is 42.7 Å². The van der Waals surface area contributed by atoms with E-state index in [9.17, 15) is 13.6 Å². The maximum atomic E-state index is 14.5. The third kappa shape index (κ3) is 4.18. The minimum Gasteiger partial charge on any atom is -0.364 e. The first-order valence-electron chi connectivity index (χ1n) is 12.3. The van der Waals surface area contributed by atoms with E-state index in [0.29, 0.717) is 16.6 Å². The van der Waals surface area contributed by atoms with Crippen molar-refractivity contribution >= 4 is 17.1 Å². The standard InChI is InChI=1S/C25H26F2N8O/c26-16-5-8-21(27)19(12-16)22-2-1-10-34(22)18-9-11-35-23(13-18)20(14-28-35)25(36)29-17-6-3-15(4-7-17)24-30-32-33-31-24/h5,8-9,11-15,17,22H,1-4,6-7,10H2,(H,29,36)(H,30,31,32,33)/t15?,17?,22-/m1/s1. The van der Waals surface area contributed by atoms with E-state index in [4.69, 9.17) is 0 Å². The van der Waals surface area contributed by atoms with Gasteiger partial charge in [-0.2, -0.15) is 10.3 Å². The SMILES string of the molecule is O=C(NC1CCC(c2nn[nH]n2)CC1)c1cnn2ccc(N3CCC[C@@H]3c3cc(F)ccc3F)cc12. The first kappa shape index (κ1) is 22.6. The van der Waals surface area contributed by atoms with Crippen LogP contribution < -0.4 is 10.2 Å². The normalized spacial score (nSPS) is 22.3. The Kier molecular flexibility index (Phi) is 5.82. The Labute approximate surface area is 205 Å². The van der Waals surface area contributed by atoms with Gasteiger partial charge in [0.1, 0.15) is 11.6 Å². The highest BCUT2D eigenvalue weighted by Crippen LogP contribution is 2.38. The van der Waals surface area contributed by atoms with Crippen LogP contribution in [0.3, 0.4) is 0 Å². The quantitative estimate of drug-likeness (QED) is 0.438. The molecule has 6 rings (SSSR count). The third-order valence-electron chi connectivity index (χ3n) is 7.44. The van der Waals surface area contributed by atoms with Gasteiger partial charge >= 0.3 is 0 Å². The summed E-state index contributed by atoms with van der Waals surface area (Å²) in [4.78, 5) is 15.3. The van der Waals surface area contributed by atoms with E-state index in [1.807, 2.05) is 12.1 Å². The summed E-state index contributed by atoms with van der Waals surface area (Å²) in [6.07, 6.45) is 8.42. The summed E-state index contributed by atoms with van der Waals surface area (Å²) in [7, 11) is 0. The minimum absolute atomic E-state index is 0.0673. The molecule has 0 radical (unpaired) electrons. The number of carbonyl (C=O) groups excluding carboxylic acids is 1. The van der Waals surface area contributed by atoms with E-state index in [1.54, 1.807) is 16.9 Å². The van der Waals surface area contributed by atoms with Gasteiger partial charge in [0.05, 0.1) is 23.3 Å². The number of nitrogens with zero attached hydrogens (tertiary/aromatic N) is 6. The predicted molar refractivity (Wildman–Crippen MR) is 128 cm³/mol. The van der Waals surface area contributed by atoms with Crippen LogP contribution in [-0.2, 0) is 0 Å². The van der Waals surface area contributed by atoms with Crippen LogP contribution in [0.25, 0.3) is 5.52 Å². The predicted octanol–water partition coefficient (Wildman–Crippen LogP) is 3.92. The second-order valence-electron chi connectivity index (χ2n) is 9.58. The van der Waals surface area contributed by atoms with Gasteiger partial charge in [-0.15, -0.1) is 10.2 Å². The van der Waals surface area contributed by atoms with Crippen molar-refractivity contribution in [2.45, 2.75) is 56.5 Å². The molecule has 0 spiro atoms. The molecule has 9 nitrogen and oxygen atoms in total. The highest BCUT2D eigenvalue weighted by atomic mass is 19.1. The maximum absolute atomic E-state index is 14.5. The van der Waals surface area contributed by atoms with E-state index in [2.05, 4.69) is 35.9 Å². The summed E-state index contributed by atoms with van der Waals surface area (Å²) in [6, 6.07) is 7.21. The second-order valence-corrected chi connectivity index (χ2v) is 9.58. The van der Waals surface area contributed by atoms with Crippen LogP contribution in [-0.4, -0.2) is 48.7 Å². The number of carbonyl (C=O) groups is 1. The molecule has 3 aromatic heterocycles. The van der Waals surface area contributed by atoms with Crippen molar-refractivity contribution in [3.05, 3.63) is 71.3 Å². The number of fused-ring (bicyclic) bond motifs is 1. The smallest absolute Gasteiger partial charge is 0.255 e. The molecule has 1 saturated heterocycles. The van der Waals surface area contributed by atoms with Gasteiger partial charge < -0.3 is 10.2 Å². The average Bonchev–Trinajstić information content (AvgIpc) is 3.66. The minimum atomic E-state index is -0.449. The van der Waals surface area contributed by atoms with Crippen LogP contribution >= 0.6 is 0 Å². The molecule has 2 N–H and O–H groups in total. The molecular formula is C25H26F2N8O. The molecule has 1 atom stereocenters. The summed E-state index contributed by atoms with van der Waals surface area (Å²) in [6.45, 7) is 0.718. The van der Waals surface area contributed by atoms with Gasteiger partial charge in [0.25, 0.3) is 5.91 Å². The number of tetrazole rings is 1. The fourth-order valence-corrected chi connectivity index (χ4v) is 5.59. The van der Waals surface area contributed by atoms with Crippen molar-refractivity contribution in [3.8, 4) is 0 Å². The highest BCUT2D eigenvalue weighted by molar-refractivity contribution is 6.01. The molecule has 11 heteroatoms. The number of pyridine rings is 1. The maximum Gasteiger partial charge on any atom is 0.255 e. The zero-order valence-corrected chi connectivity index (χ0v) is 19.6. The van der Waals surface area contributed by atoms with E-state index in [-0.39, 0.29) is 23.9 Å². The monoisotopic (exact) mass is 492 g/mol. The lowest BCUT2D eigenvalue weighted by molar-refractivity contribution is 0.0927. The number of H-pyrrole nitrogens is 1. The number of nitrogens with one attached hydrogen (secondary N) is 2. The number of hydrogen-bond donors (Lipinski definition) is 2. The number of halogens is 2. The van der Waals surface area contributed by atoms with Gasteiger partial charge in [-0.3, -0.25) is 4.79 Å². The van der Waals surface area contributed by atoms with Gasteiger partial charge in [-0.1, -0.05) is 5.21 Å². The molecule has 0 unspecified atom stereocenters. The number of rotatable bonds is 5. The Hall–Kier alpha value is -3.89. The van der Waals surface area contributed by atoms with Gasteiger partial charge in [-0.05, 0) is 68.9 Å². The molecule has 1 saturated carbocycles. The summed E-state index contributed by atoms with van der Waals surface area (Å²) in [5, 5.41) is 21.8. The van der Waals surface area contributed by atoms with Crippen molar-refractivity contribution in [2.75, 3.05) is 11.4 Å². The van der Waals surface area contributed by atoms with Crippen LogP contribution in [0.2, 0.25) is 0 Å². The first-order chi connectivity index (χ1) is 17.6. The molecule has 1 aliphatic carbocycles. The lowest BCUT2D eigenvalue weighted by atomic mass is 9.85. The van der Waals surface area contributed by atoms with Crippen molar-refractivity contribution in [1.29, 1.82) is 0 Å². The fourth-order valence-electron chi connectivity index (χ4n) is 5.59. The molecule has 4 aromatic rings. The third-order valence-corrected chi connectivity index (χ3v) is 7.44. The zero-order chi connectivity index (χ0) is 24.6.